The Balaban J connectivity index is 0.00000241. The summed E-state index contributed by atoms with van der Waals surface area (Å²) in [6, 6.07) is 48.5. The van der Waals surface area contributed by atoms with E-state index < -0.39 is 0 Å². The van der Waals surface area contributed by atoms with Gasteiger partial charge in [0.15, 0.2) is 0 Å². The molecule has 0 amide bonds. The van der Waals surface area contributed by atoms with Gasteiger partial charge in [0.25, 0.3) is 0 Å². The van der Waals surface area contributed by atoms with Gasteiger partial charge in [-0.25, -0.2) is 11.1 Å². The van der Waals surface area contributed by atoms with E-state index in [4.69, 9.17) is 0 Å². The molecule has 5 aromatic carbocycles. The molecule has 0 aromatic heterocycles. The van der Waals surface area contributed by atoms with Crippen LogP contribution in [0.4, 0.5) is 0 Å². The molecule has 1 unspecified atom stereocenters. The first-order chi connectivity index (χ1) is 16.4. The Morgan fingerprint density at radius 1 is 0.529 bits per heavy atom. The van der Waals surface area contributed by atoms with Crippen LogP contribution >= 0.6 is 0 Å². The maximum Gasteiger partial charge on any atom is 0 e. The van der Waals surface area contributed by atoms with Gasteiger partial charge in [-0.3, -0.25) is 0 Å². The number of hydrogen-bond donors (Lipinski definition) is 0. The second-order valence-corrected chi connectivity index (χ2v) is 8.40. The largest absolute Gasteiger partial charge is 0.220 e. The zero-order chi connectivity index (χ0) is 22.0. The molecule has 0 saturated carbocycles. The van der Waals surface area contributed by atoms with Crippen molar-refractivity contribution in [3.8, 4) is 22.3 Å². The summed E-state index contributed by atoms with van der Waals surface area (Å²) in [5.41, 5.74) is 10.9. The van der Waals surface area contributed by atoms with Crippen molar-refractivity contribution in [1.29, 1.82) is 0 Å². The van der Waals surface area contributed by atoms with E-state index in [9.17, 15) is 0 Å². The summed E-state index contributed by atoms with van der Waals surface area (Å²) in [6.45, 7) is 0. The quantitative estimate of drug-likeness (QED) is 0.180. The van der Waals surface area contributed by atoms with E-state index in [0.29, 0.717) is 0 Å². The minimum Gasteiger partial charge on any atom is -0.220 e. The second-order valence-electron chi connectivity index (χ2n) is 8.40. The average Bonchev–Trinajstić information content (AvgIpc) is 3.30. The molecular formula is C33H22Ir-2. The van der Waals surface area contributed by atoms with Crippen molar-refractivity contribution in [3.63, 3.8) is 0 Å². The van der Waals surface area contributed by atoms with Crippen LogP contribution in [0.1, 0.15) is 28.2 Å². The first-order valence-corrected chi connectivity index (χ1v) is 11.3. The molecule has 34 heavy (non-hydrogen) atoms. The molecule has 1 atom stereocenters. The summed E-state index contributed by atoms with van der Waals surface area (Å²) in [4.78, 5) is 0. The van der Waals surface area contributed by atoms with E-state index in [1.807, 2.05) is 6.07 Å². The molecule has 5 aromatic rings. The van der Waals surface area contributed by atoms with Gasteiger partial charge in [-0.15, -0.1) is 35.4 Å². The maximum atomic E-state index is 3.69. The van der Waals surface area contributed by atoms with Crippen LogP contribution in [0.15, 0.2) is 127 Å². The summed E-state index contributed by atoms with van der Waals surface area (Å²) in [7, 11) is 0. The Morgan fingerprint density at radius 2 is 1.12 bits per heavy atom. The van der Waals surface area contributed by atoms with Crippen LogP contribution in [-0.4, -0.2) is 0 Å². The topological polar surface area (TPSA) is 0 Å². The number of hydrogen-bond acceptors (Lipinski definition) is 0. The van der Waals surface area contributed by atoms with E-state index in [2.05, 4.69) is 133 Å². The summed E-state index contributed by atoms with van der Waals surface area (Å²) in [6.07, 6.45) is 3.69. The molecule has 0 aliphatic heterocycles. The van der Waals surface area contributed by atoms with E-state index >= 15 is 0 Å². The minimum absolute atomic E-state index is 0. The third-order valence-electron chi connectivity index (χ3n) is 6.38. The van der Waals surface area contributed by atoms with Gasteiger partial charge >= 0.3 is 0 Å². The zero-order valence-corrected chi connectivity index (χ0v) is 20.9. The number of allylic oxidation sites excluding steroid dienone is 1. The van der Waals surface area contributed by atoms with Gasteiger partial charge in [-0.1, -0.05) is 102 Å². The van der Waals surface area contributed by atoms with E-state index in [1.165, 1.54) is 44.5 Å². The third kappa shape index (κ3) is 4.21. The van der Waals surface area contributed by atoms with Crippen LogP contribution in [0.25, 0.3) is 27.8 Å². The molecule has 0 saturated heterocycles. The standard InChI is InChI=1S/C33H22.Ir/c1-3-10-24(11-4-1)25-18-20-26(21-19-25)28-15-9-16-29(22-28)32-23-30-14-7-8-17-31(30)33(32)27-12-5-2-6-13-27;/h1-15,17-22,33H;/q-2;. The summed E-state index contributed by atoms with van der Waals surface area (Å²) in [5, 5.41) is 0. The van der Waals surface area contributed by atoms with Gasteiger partial charge in [-0.05, 0) is 16.7 Å². The van der Waals surface area contributed by atoms with Gasteiger partial charge in [-0.2, -0.15) is 29.8 Å². The Hall–Kier alpha value is -3.51. The number of benzene rings is 5. The van der Waals surface area contributed by atoms with Crippen LogP contribution in [-0.2, 0) is 20.1 Å². The van der Waals surface area contributed by atoms with Crippen LogP contribution in [0.5, 0.6) is 0 Å². The molecule has 0 N–H and O–H groups in total. The van der Waals surface area contributed by atoms with E-state index in [0.717, 1.165) is 5.56 Å². The van der Waals surface area contributed by atoms with Gasteiger partial charge in [0.1, 0.15) is 0 Å². The zero-order valence-electron chi connectivity index (χ0n) is 18.5. The van der Waals surface area contributed by atoms with Crippen LogP contribution in [0.2, 0.25) is 0 Å². The molecule has 1 aliphatic rings. The third-order valence-corrected chi connectivity index (χ3v) is 6.38. The average molecular weight is 611 g/mol. The van der Waals surface area contributed by atoms with Crippen molar-refractivity contribution in [2.75, 3.05) is 0 Å². The Labute approximate surface area is 215 Å². The van der Waals surface area contributed by atoms with Crippen molar-refractivity contribution >= 4 is 5.57 Å². The predicted octanol–water partition coefficient (Wildman–Crippen LogP) is 8.20. The van der Waals surface area contributed by atoms with Gasteiger partial charge in [0.05, 0.1) is 0 Å². The predicted molar refractivity (Wildman–Crippen MR) is 137 cm³/mol. The van der Waals surface area contributed by atoms with Crippen molar-refractivity contribution < 1.29 is 20.1 Å². The fourth-order valence-electron chi connectivity index (χ4n) is 4.74. The fraction of sp³-hybridized carbons (Fsp3) is 0.0303. The molecule has 6 rings (SSSR count). The van der Waals surface area contributed by atoms with E-state index in [-0.39, 0.29) is 26.0 Å². The molecule has 0 fully saturated rings. The summed E-state index contributed by atoms with van der Waals surface area (Å²) in [5.74, 6) is 0.175. The SMILES string of the molecule is [C-]1=C(c2[c-]ccc(-c3ccc(-c4ccccc4)cc3)c2)C(c2ccccc2)c2ccccc21.[Ir]. The van der Waals surface area contributed by atoms with E-state index in [1.54, 1.807) is 0 Å². The summed E-state index contributed by atoms with van der Waals surface area (Å²) >= 11 is 0. The minimum atomic E-state index is 0. The Kier molecular flexibility index (Phi) is 6.41. The van der Waals surface area contributed by atoms with Crippen LogP contribution in [0.3, 0.4) is 0 Å². The van der Waals surface area contributed by atoms with Gasteiger partial charge in [0.2, 0.25) is 0 Å². The molecule has 1 radical (unpaired) electrons. The molecular weight excluding hydrogens is 589 g/mol. The van der Waals surface area contributed by atoms with Crippen molar-refractivity contribution in [1.82, 2.24) is 0 Å². The maximum absolute atomic E-state index is 3.69. The fourth-order valence-corrected chi connectivity index (χ4v) is 4.74. The van der Waals surface area contributed by atoms with Gasteiger partial charge in [0, 0.05) is 20.1 Å². The molecule has 1 aliphatic carbocycles. The molecule has 165 valence electrons. The summed E-state index contributed by atoms with van der Waals surface area (Å²) < 4.78 is 0. The monoisotopic (exact) mass is 611 g/mol. The van der Waals surface area contributed by atoms with Crippen molar-refractivity contribution in [2.24, 2.45) is 0 Å². The number of fused-ring (bicyclic) bond motifs is 1. The molecule has 1 heteroatoms. The Morgan fingerprint density at radius 3 is 1.85 bits per heavy atom. The second kappa shape index (κ2) is 9.77. The van der Waals surface area contributed by atoms with Crippen molar-refractivity contribution in [3.05, 3.63) is 162 Å². The van der Waals surface area contributed by atoms with Crippen molar-refractivity contribution in [2.45, 2.75) is 5.92 Å². The normalized spacial score (nSPS) is 14.1. The van der Waals surface area contributed by atoms with Gasteiger partial charge < -0.3 is 0 Å². The molecule has 0 nitrogen and oxygen atoms in total. The molecule has 0 spiro atoms. The first-order valence-electron chi connectivity index (χ1n) is 11.3. The van der Waals surface area contributed by atoms with Crippen LogP contribution < -0.4 is 0 Å². The van der Waals surface area contributed by atoms with Crippen LogP contribution in [0, 0.1) is 12.1 Å². The molecule has 0 bridgehead atoms. The smallest absolute Gasteiger partial charge is 0 e. The Bertz CT molecular complexity index is 1430. The first kappa shape index (κ1) is 22.3. The molecule has 0 heterocycles. The number of rotatable bonds is 4.